The topological polar surface area (TPSA) is 23.5 Å². The van der Waals surface area contributed by atoms with Gasteiger partial charge >= 0.3 is 0 Å². The summed E-state index contributed by atoms with van der Waals surface area (Å²) in [6, 6.07) is 0. The molecule has 0 amide bonds. The highest BCUT2D eigenvalue weighted by Crippen LogP contribution is 2.20. The molecule has 1 rings (SSSR count). The zero-order valence-electron chi connectivity index (χ0n) is 9.32. The van der Waals surface area contributed by atoms with E-state index in [-0.39, 0.29) is 0 Å². The van der Waals surface area contributed by atoms with Crippen molar-refractivity contribution >= 4 is 12.6 Å². The Kier molecular flexibility index (Phi) is 5.28. The SMILES string of the molecule is CC(C)C(CS)CN1CCC(CO)C1. The maximum absolute atomic E-state index is 9.04. The van der Waals surface area contributed by atoms with Crippen LogP contribution in [0.1, 0.15) is 20.3 Å². The first-order valence-electron chi connectivity index (χ1n) is 5.61. The summed E-state index contributed by atoms with van der Waals surface area (Å²) in [6.45, 7) is 8.26. The van der Waals surface area contributed by atoms with Crippen LogP contribution in [0.3, 0.4) is 0 Å². The molecule has 0 spiro atoms. The van der Waals surface area contributed by atoms with Crippen molar-refractivity contribution in [3.63, 3.8) is 0 Å². The second-order valence-electron chi connectivity index (χ2n) is 4.78. The van der Waals surface area contributed by atoms with E-state index in [4.69, 9.17) is 5.11 Å². The van der Waals surface area contributed by atoms with Gasteiger partial charge in [-0.1, -0.05) is 13.8 Å². The van der Waals surface area contributed by atoms with Gasteiger partial charge in [0.05, 0.1) is 0 Å². The molecule has 14 heavy (non-hydrogen) atoms. The highest BCUT2D eigenvalue weighted by molar-refractivity contribution is 7.80. The molecule has 1 heterocycles. The summed E-state index contributed by atoms with van der Waals surface area (Å²) in [5.41, 5.74) is 0. The molecule has 0 bridgehead atoms. The number of aliphatic hydroxyl groups is 1. The molecule has 0 aromatic carbocycles. The third kappa shape index (κ3) is 3.44. The Morgan fingerprint density at radius 1 is 1.50 bits per heavy atom. The lowest BCUT2D eigenvalue weighted by Crippen LogP contribution is -2.31. The summed E-state index contributed by atoms with van der Waals surface area (Å²) in [5.74, 6) is 2.89. The van der Waals surface area contributed by atoms with Crippen molar-refractivity contribution in [1.82, 2.24) is 4.90 Å². The Bertz CT molecular complexity index is 163. The number of thiol groups is 1. The highest BCUT2D eigenvalue weighted by Gasteiger charge is 2.24. The lowest BCUT2D eigenvalue weighted by atomic mass is 9.97. The van der Waals surface area contributed by atoms with Crippen LogP contribution in [0.2, 0.25) is 0 Å². The van der Waals surface area contributed by atoms with E-state index in [0.29, 0.717) is 24.4 Å². The normalized spacial score (nSPS) is 25.9. The Morgan fingerprint density at radius 3 is 2.64 bits per heavy atom. The van der Waals surface area contributed by atoms with Crippen LogP contribution in [0.25, 0.3) is 0 Å². The van der Waals surface area contributed by atoms with E-state index in [1.807, 2.05) is 0 Å². The van der Waals surface area contributed by atoms with E-state index < -0.39 is 0 Å². The van der Waals surface area contributed by atoms with Crippen molar-refractivity contribution in [2.24, 2.45) is 17.8 Å². The Labute approximate surface area is 93.1 Å². The van der Waals surface area contributed by atoms with Gasteiger partial charge in [0.2, 0.25) is 0 Å². The maximum atomic E-state index is 9.04. The average molecular weight is 217 g/mol. The number of aliphatic hydroxyl groups excluding tert-OH is 1. The van der Waals surface area contributed by atoms with Crippen LogP contribution in [0, 0.1) is 17.8 Å². The predicted molar refractivity (Wildman–Crippen MR) is 63.8 cm³/mol. The van der Waals surface area contributed by atoms with Crippen LogP contribution in [0.15, 0.2) is 0 Å². The van der Waals surface area contributed by atoms with Gasteiger partial charge in [-0.15, -0.1) is 0 Å². The number of hydrogen-bond acceptors (Lipinski definition) is 3. The van der Waals surface area contributed by atoms with Crippen LogP contribution in [-0.2, 0) is 0 Å². The molecule has 2 unspecified atom stereocenters. The van der Waals surface area contributed by atoms with Gasteiger partial charge in [-0.05, 0) is 36.5 Å². The summed E-state index contributed by atoms with van der Waals surface area (Å²) in [5, 5.41) is 9.04. The Morgan fingerprint density at radius 2 is 2.21 bits per heavy atom. The van der Waals surface area contributed by atoms with Gasteiger partial charge < -0.3 is 10.0 Å². The molecule has 1 saturated heterocycles. The standard InChI is InChI=1S/C11H23NOS/c1-9(2)11(8-14)6-12-4-3-10(5-12)7-13/h9-11,13-14H,3-8H2,1-2H3. The molecule has 2 nitrogen and oxygen atoms in total. The van der Waals surface area contributed by atoms with Gasteiger partial charge in [0.1, 0.15) is 0 Å². The Balaban J connectivity index is 2.30. The molecule has 1 fully saturated rings. The van der Waals surface area contributed by atoms with Crippen molar-refractivity contribution in [3.8, 4) is 0 Å². The third-order valence-electron chi connectivity index (χ3n) is 3.30. The fourth-order valence-corrected chi connectivity index (χ4v) is 2.58. The van der Waals surface area contributed by atoms with Gasteiger partial charge in [0.25, 0.3) is 0 Å². The number of rotatable bonds is 5. The fraction of sp³-hybridized carbons (Fsp3) is 1.00. The summed E-state index contributed by atoms with van der Waals surface area (Å²) in [4.78, 5) is 2.47. The molecule has 1 aliphatic heterocycles. The van der Waals surface area contributed by atoms with E-state index in [0.717, 1.165) is 31.8 Å². The summed E-state index contributed by atoms with van der Waals surface area (Å²) < 4.78 is 0. The predicted octanol–water partition coefficient (Wildman–Crippen LogP) is 1.50. The Hall–Kier alpha value is 0.270. The molecule has 0 radical (unpaired) electrons. The van der Waals surface area contributed by atoms with Crippen LogP contribution in [0.4, 0.5) is 0 Å². The second-order valence-corrected chi connectivity index (χ2v) is 5.15. The number of likely N-dealkylation sites (tertiary alicyclic amines) is 1. The fourth-order valence-electron chi connectivity index (χ4n) is 2.04. The first kappa shape index (κ1) is 12.3. The number of nitrogens with zero attached hydrogens (tertiary/aromatic N) is 1. The van der Waals surface area contributed by atoms with Crippen LogP contribution >= 0.6 is 12.6 Å². The average Bonchev–Trinajstić information content (AvgIpc) is 2.61. The summed E-state index contributed by atoms with van der Waals surface area (Å²) in [7, 11) is 0. The molecule has 1 aliphatic rings. The maximum Gasteiger partial charge on any atom is 0.0471 e. The molecule has 3 heteroatoms. The van der Waals surface area contributed by atoms with E-state index in [2.05, 4.69) is 31.4 Å². The number of hydrogen-bond donors (Lipinski definition) is 2. The van der Waals surface area contributed by atoms with Crippen LogP contribution in [-0.4, -0.2) is 42.0 Å². The second kappa shape index (κ2) is 5.99. The van der Waals surface area contributed by atoms with Crippen molar-refractivity contribution in [2.75, 3.05) is 32.0 Å². The minimum atomic E-state index is 0.351. The molecule has 1 N–H and O–H groups in total. The first-order valence-corrected chi connectivity index (χ1v) is 6.24. The lowest BCUT2D eigenvalue weighted by molar-refractivity contribution is 0.207. The molecular formula is C11H23NOS. The molecule has 0 aromatic rings. The molecule has 84 valence electrons. The zero-order valence-corrected chi connectivity index (χ0v) is 10.2. The van der Waals surface area contributed by atoms with E-state index in [1.165, 1.54) is 0 Å². The third-order valence-corrected chi connectivity index (χ3v) is 3.77. The van der Waals surface area contributed by atoms with Crippen molar-refractivity contribution < 1.29 is 5.11 Å². The van der Waals surface area contributed by atoms with E-state index in [9.17, 15) is 0 Å². The smallest absolute Gasteiger partial charge is 0.0471 e. The minimum Gasteiger partial charge on any atom is -0.396 e. The molecule has 0 saturated carbocycles. The van der Waals surface area contributed by atoms with Gasteiger partial charge in [-0.3, -0.25) is 0 Å². The minimum absolute atomic E-state index is 0.351. The highest BCUT2D eigenvalue weighted by atomic mass is 32.1. The molecule has 0 aliphatic carbocycles. The van der Waals surface area contributed by atoms with Crippen LogP contribution < -0.4 is 0 Å². The van der Waals surface area contributed by atoms with Gasteiger partial charge in [-0.2, -0.15) is 12.6 Å². The molecule has 0 aromatic heterocycles. The van der Waals surface area contributed by atoms with E-state index in [1.54, 1.807) is 0 Å². The lowest BCUT2D eigenvalue weighted by Gasteiger charge is -2.25. The van der Waals surface area contributed by atoms with Gasteiger partial charge in [0, 0.05) is 19.7 Å². The van der Waals surface area contributed by atoms with E-state index >= 15 is 0 Å². The van der Waals surface area contributed by atoms with Crippen molar-refractivity contribution in [2.45, 2.75) is 20.3 Å². The summed E-state index contributed by atoms with van der Waals surface area (Å²) in [6.07, 6.45) is 1.16. The van der Waals surface area contributed by atoms with Gasteiger partial charge in [0.15, 0.2) is 0 Å². The van der Waals surface area contributed by atoms with Crippen molar-refractivity contribution in [1.29, 1.82) is 0 Å². The molecular weight excluding hydrogens is 194 g/mol. The first-order chi connectivity index (χ1) is 6.67. The quantitative estimate of drug-likeness (QED) is 0.682. The zero-order chi connectivity index (χ0) is 10.6. The molecule has 2 atom stereocenters. The summed E-state index contributed by atoms with van der Waals surface area (Å²) >= 11 is 4.40. The van der Waals surface area contributed by atoms with Gasteiger partial charge in [-0.25, -0.2) is 0 Å². The van der Waals surface area contributed by atoms with Crippen molar-refractivity contribution in [3.05, 3.63) is 0 Å². The monoisotopic (exact) mass is 217 g/mol. The van der Waals surface area contributed by atoms with Crippen LogP contribution in [0.5, 0.6) is 0 Å². The largest absolute Gasteiger partial charge is 0.396 e.